The molecule has 0 aromatic carbocycles. The molecule has 0 heterocycles. The highest BCUT2D eigenvalue weighted by Gasteiger charge is 2.22. The molecule has 0 aliphatic carbocycles. The summed E-state index contributed by atoms with van der Waals surface area (Å²) >= 11 is 0. The lowest BCUT2D eigenvalue weighted by atomic mass is 10.3. The van der Waals surface area contributed by atoms with Gasteiger partial charge in [0.2, 0.25) is 0 Å². The minimum atomic E-state index is -3.89. The van der Waals surface area contributed by atoms with Gasteiger partial charge in [0.1, 0.15) is 0 Å². The van der Waals surface area contributed by atoms with Gasteiger partial charge in [-0.05, 0) is 19.6 Å². The molecule has 0 radical (unpaired) electrons. The predicted molar refractivity (Wildman–Crippen MR) is 45.2 cm³/mol. The van der Waals surface area contributed by atoms with E-state index in [9.17, 15) is 4.57 Å². The molecule has 0 bridgehead atoms. The van der Waals surface area contributed by atoms with Crippen LogP contribution in [0.4, 0.5) is 0 Å². The van der Waals surface area contributed by atoms with Crippen LogP contribution in [0.1, 0.15) is 20.3 Å². The highest BCUT2D eigenvalue weighted by molar-refractivity contribution is 7.52. The number of nitrogens with zero attached hydrogens (tertiary/aromatic N) is 1. The van der Waals surface area contributed by atoms with Crippen molar-refractivity contribution in [2.45, 2.75) is 25.9 Å². The first kappa shape index (κ1) is 10.8. The zero-order chi connectivity index (χ0) is 8.91. The van der Waals surface area contributed by atoms with Crippen LogP contribution < -0.4 is 0 Å². The fourth-order valence-corrected chi connectivity index (χ4v) is 0.862. The van der Waals surface area contributed by atoms with Gasteiger partial charge in [-0.2, -0.15) is 0 Å². The minimum Gasteiger partial charge on any atom is -0.324 e. The van der Waals surface area contributed by atoms with Crippen LogP contribution >= 0.6 is 7.60 Å². The van der Waals surface area contributed by atoms with Crippen molar-refractivity contribution in [1.29, 1.82) is 0 Å². The predicted octanol–water partition coefficient (Wildman–Crippen LogP) is 1.03. The number of aliphatic imine (C=N–C) groups is 1. The molecule has 0 saturated carbocycles. The van der Waals surface area contributed by atoms with Crippen molar-refractivity contribution in [1.82, 2.24) is 0 Å². The Hall–Kier alpha value is -0.180. The van der Waals surface area contributed by atoms with Crippen LogP contribution in [0.15, 0.2) is 4.99 Å². The zero-order valence-corrected chi connectivity index (χ0v) is 7.66. The Balaban J connectivity index is 3.79. The molecule has 2 N–H and O–H groups in total. The SMILES string of the molecule is CCN=CCC(C)P(=O)(O)O. The summed E-state index contributed by atoms with van der Waals surface area (Å²) in [6, 6.07) is 0. The van der Waals surface area contributed by atoms with Crippen LogP contribution in [-0.4, -0.2) is 28.2 Å². The quantitative estimate of drug-likeness (QED) is 0.500. The number of rotatable bonds is 4. The summed E-state index contributed by atoms with van der Waals surface area (Å²) in [5.41, 5.74) is -0.613. The Kier molecular flexibility index (Phi) is 4.57. The molecule has 1 unspecified atom stereocenters. The van der Waals surface area contributed by atoms with Crippen LogP contribution in [0.3, 0.4) is 0 Å². The van der Waals surface area contributed by atoms with E-state index in [1.807, 2.05) is 6.92 Å². The third kappa shape index (κ3) is 5.13. The van der Waals surface area contributed by atoms with Crippen LogP contribution in [0.2, 0.25) is 0 Å². The molecular formula is C6H14NO3P. The normalized spacial score (nSPS) is 15.6. The van der Waals surface area contributed by atoms with Gasteiger partial charge in [-0.25, -0.2) is 0 Å². The average Bonchev–Trinajstić information content (AvgIpc) is 1.86. The van der Waals surface area contributed by atoms with E-state index in [-0.39, 0.29) is 0 Å². The van der Waals surface area contributed by atoms with E-state index in [2.05, 4.69) is 4.99 Å². The number of hydrogen-bond acceptors (Lipinski definition) is 2. The van der Waals surface area contributed by atoms with Gasteiger partial charge in [0.25, 0.3) is 0 Å². The molecule has 0 aromatic heterocycles. The van der Waals surface area contributed by atoms with E-state index in [1.54, 1.807) is 6.21 Å². The minimum absolute atomic E-state index is 0.345. The van der Waals surface area contributed by atoms with E-state index in [4.69, 9.17) is 9.79 Å². The van der Waals surface area contributed by atoms with Gasteiger partial charge in [-0.3, -0.25) is 9.56 Å². The average molecular weight is 179 g/mol. The van der Waals surface area contributed by atoms with Gasteiger partial charge in [0.05, 0.1) is 5.66 Å². The Bertz CT molecular complexity index is 175. The van der Waals surface area contributed by atoms with Crippen LogP contribution in [0, 0.1) is 0 Å². The lowest BCUT2D eigenvalue weighted by Crippen LogP contribution is -2.03. The van der Waals surface area contributed by atoms with Gasteiger partial charge in [-0.15, -0.1) is 0 Å². The van der Waals surface area contributed by atoms with Gasteiger partial charge in [-0.1, -0.05) is 6.92 Å². The topological polar surface area (TPSA) is 69.9 Å². The van der Waals surface area contributed by atoms with E-state index in [1.165, 1.54) is 6.92 Å². The summed E-state index contributed by atoms with van der Waals surface area (Å²) in [7, 11) is -3.89. The maximum absolute atomic E-state index is 10.6. The molecule has 0 aliphatic rings. The summed E-state index contributed by atoms with van der Waals surface area (Å²) in [6.45, 7) is 4.05. The first-order chi connectivity index (χ1) is 4.98. The molecule has 0 amide bonds. The number of hydrogen-bond donors (Lipinski definition) is 2. The summed E-state index contributed by atoms with van der Waals surface area (Å²) in [6.07, 6.45) is 1.90. The van der Waals surface area contributed by atoms with Crippen molar-refractivity contribution >= 4 is 13.8 Å². The molecule has 0 spiro atoms. The van der Waals surface area contributed by atoms with Crippen LogP contribution in [0.5, 0.6) is 0 Å². The highest BCUT2D eigenvalue weighted by atomic mass is 31.2. The third-order valence-corrected chi connectivity index (χ3v) is 2.69. The maximum atomic E-state index is 10.6. The second kappa shape index (κ2) is 4.65. The van der Waals surface area contributed by atoms with Gasteiger partial charge in [0, 0.05) is 6.54 Å². The maximum Gasteiger partial charge on any atom is 0.328 e. The van der Waals surface area contributed by atoms with E-state index in [0.717, 1.165) is 0 Å². The second-order valence-electron chi connectivity index (χ2n) is 2.36. The smallest absolute Gasteiger partial charge is 0.324 e. The van der Waals surface area contributed by atoms with Crippen molar-refractivity contribution < 1.29 is 14.4 Å². The molecule has 5 heteroatoms. The van der Waals surface area contributed by atoms with Crippen molar-refractivity contribution in [3.8, 4) is 0 Å². The lowest BCUT2D eigenvalue weighted by molar-refractivity contribution is 0.361. The first-order valence-electron chi connectivity index (χ1n) is 3.52. The molecule has 0 saturated heterocycles. The zero-order valence-electron chi connectivity index (χ0n) is 6.77. The summed E-state index contributed by atoms with van der Waals surface area (Å²) in [5.74, 6) is 0. The van der Waals surface area contributed by atoms with Crippen LogP contribution in [-0.2, 0) is 4.57 Å². The highest BCUT2D eigenvalue weighted by Crippen LogP contribution is 2.41. The van der Waals surface area contributed by atoms with Crippen molar-refractivity contribution in [3.05, 3.63) is 0 Å². The Morgan fingerprint density at radius 2 is 2.18 bits per heavy atom. The molecule has 4 nitrogen and oxygen atoms in total. The standard InChI is InChI=1S/C6H14NO3P/c1-3-7-5-4-6(2)11(8,9)10/h5-6H,3-4H2,1-2H3,(H2,8,9,10). The van der Waals surface area contributed by atoms with E-state index in [0.29, 0.717) is 13.0 Å². The molecule has 0 aliphatic heterocycles. The molecule has 1 atom stereocenters. The van der Waals surface area contributed by atoms with Crippen molar-refractivity contribution in [3.63, 3.8) is 0 Å². The largest absolute Gasteiger partial charge is 0.328 e. The summed E-state index contributed by atoms with van der Waals surface area (Å²) < 4.78 is 10.6. The van der Waals surface area contributed by atoms with E-state index >= 15 is 0 Å². The Morgan fingerprint density at radius 1 is 1.64 bits per heavy atom. The van der Waals surface area contributed by atoms with E-state index < -0.39 is 13.3 Å². The Morgan fingerprint density at radius 3 is 2.55 bits per heavy atom. The first-order valence-corrected chi connectivity index (χ1v) is 5.20. The molecule has 11 heavy (non-hydrogen) atoms. The summed E-state index contributed by atoms with van der Waals surface area (Å²) in [4.78, 5) is 21.1. The fourth-order valence-electron chi connectivity index (χ4n) is 0.493. The monoisotopic (exact) mass is 179 g/mol. The van der Waals surface area contributed by atoms with Gasteiger partial charge in [0.15, 0.2) is 0 Å². The molecule has 0 rings (SSSR count). The molecule has 0 aromatic rings. The Labute approximate surface area is 66.5 Å². The molecular weight excluding hydrogens is 165 g/mol. The summed E-state index contributed by atoms with van der Waals surface area (Å²) in [5, 5.41) is 0. The second-order valence-corrected chi connectivity index (χ2v) is 4.41. The van der Waals surface area contributed by atoms with Crippen molar-refractivity contribution in [2.24, 2.45) is 4.99 Å². The lowest BCUT2D eigenvalue weighted by Gasteiger charge is -2.09. The molecule has 0 fully saturated rings. The van der Waals surface area contributed by atoms with Gasteiger partial charge < -0.3 is 9.79 Å². The fraction of sp³-hybridized carbons (Fsp3) is 0.833. The van der Waals surface area contributed by atoms with Gasteiger partial charge >= 0.3 is 7.60 Å². The van der Waals surface area contributed by atoms with Crippen LogP contribution in [0.25, 0.3) is 0 Å². The third-order valence-electron chi connectivity index (χ3n) is 1.33. The molecule has 66 valence electrons. The van der Waals surface area contributed by atoms with Crippen molar-refractivity contribution in [2.75, 3.05) is 6.54 Å².